The van der Waals surface area contributed by atoms with Crippen molar-refractivity contribution in [3.8, 4) is 0 Å². The van der Waals surface area contributed by atoms with Crippen molar-refractivity contribution >= 4 is 21.6 Å². The molecule has 0 bridgehead atoms. The lowest BCUT2D eigenvalue weighted by molar-refractivity contribution is 0.0945. The molecular formula is C12H15FN4O3S. The molecule has 2 rings (SSSR count). The third kappa shape index (κ3) is 3.56. The number of halogens is 1. The van der Waals surface area contributed by atoms with Gasteiger partial charge in [-0.3, -0.25) is 9.20 Å². The largest absolute Gasteiger partial charge is 0.349 e. The Bertz CT molecular complexity index is 785. The minimum absolute atomic E-state index is 0.0264. The predicted octanol–water partition coefficient (Wildman–Crippen LogP) is 0.0608. The molecule has 0 saturated heterocycles. The molecule has 7 nitrogen and oxygen atoms in total. The zero-order valence-corrected chi connectivity index (χ0v) is 12.4. The van der Waals surface area contributed by atoms with Crippen LogP contribution in [-0.4, -0.2) is 43.1 Å². The van der Waals surface area contributed by atoms with Crippen LogP contribution in [0.5, 0.6) is 0 Å². The van der Waals surface area contributed by atoms with E-state index in [2.05, 4.69) is 15.0 Å². The number of sulfonamides is 1. The molecule has 2 aromatic rings. The third-order valence-electron chi connectivity index (χ3n) is 2.77. The maximum atomic E-state index is 14.2. The lowest BCUT2D eigenvalue weighted by Gasteiger charge is -2.04. The fourth-order valence-electron chi connectivity index (χ4n) is 1.85. The number of fused-ring (bicyclic) bond motifs is 1. The first-order valence-electron chi connectivity index (χ1n) is 6.16. The zero-order chi connectivity index (χ0) is 15.6. The van der Waals surface area contributed by atoms with Gasteiger partial charge in [-0.05, 0) is 19.1 Å². The van der Waals surface area contributed by atoms with Crippen LogP contribution in [0.3, 0.4) is 0 Å². The minimum atomic E-state index is -3.32. The number of imidazole rings is 1. The van der Waals surface area contributed by atoms with E-state index in [0.29, 0.717) is 11.3 Å². The van der Waals surface area contributed by atoms with Crippen LogP contribution in [0.4, 0.5) is 4.39 Å². The monoisotopic (exact) mass is 314 g/mol. The van der Waals surface area contributed by atoms with Gasteiger partial charge in [0.2, 0.25) is 16.0 Å². The Morgan fingerprint density at radius 1 is 1.38 bits per heavy atom. The molecule has 0 atom stereocenters. The SMILES string of the molecule is Cc1cccc2nc(C(=O)NCCNS(C)(=O)=O)c(F)n12. The summed E-state index contributed by atoms with van der Waals surface area (Å²) in [4.78, 5) is 15.8. The number of aryl methyl sites for hydroxylation is 1. The smallest absolute Gasteiger partial charge is 0.274 e. The van der Waals surface area contributed by atoms with Gasteiger partial charge in [0.25, 0.3) is 5.91 Å². The van der Waals surface area contributed by atoms with Gasteiger partial charge in [-0.25, -0.2) is 18.1 Å². The van der Waals surface area contributed by atoms with Gasteiger partial charge >= 0.3 is 0 Å². The molecule has 0 aliphatic carbocycles. The molecule has 0 spiro atoms. The molecule has 0 aliphatic rings. The van der Waals surface area contributed by atoms with Gasteiger partial charge in [0.05, 0.1) is 6.26 Å². The van der Waals surface area contributed by atoms with E-state index in [0.717, 1.165) is 6.26 Å². The molecule has 9 heteroatoms. The fourth-order valence-corrected chi connectivity index (χ4v) is 2.33. The predicted molar refractivity (Wildman–Crippen MR) is 75.1 cm³/mol. The first-order valence-corrected chi connectivity index (χ1v) is 8.05. The topological polar surface area (TPSA) is 92.6 Å². The van der Waals surface area contributed by atoms with Crippen LogP contribution in [-0.2, 0) is 10.0 Å². The normalized spacial score (nSPS) is 11.8. The maximum Gasteiger partial charge on any atom is 0.274 e. The van der Waals surface area contributed by atoms with E-state index < -0.39 is 21.9 Å². The molecule has 0 saturated carbocycles. The Kier molecular flexibility index (Phi) is 4.24. The molecule has 0 fully saturated rings. The summed E-state index contributed by atoms with van der Waals surface area (Å²) in [6.45, 7) is 1.77. The Morgan fingerprint density at radius 2 is 2.10 bits per heavy atom. The maximum absolute atomic E-state index is 14.2. The van der Waals surface area contributed by atoms with Crippen LogP contribution in [0, 0.1) is 12.9 Å². The van der Waals surface area contributed by atoms with Crippen molar-refractivity contribution in [2.75, 3.05) is 19.3 Å². The van der Waals surface area contributed by atoms with E-state index in [1.807, 2.05) is 0 Å². The number of carbonyl (C=O) groups is 1. The summed E-state index contributed by atoms with van der Waals surface area (Å²) in [5.41, 5.74) is 0.644. The lowest BCUT2D eigenvalue weighted by Crippen LogP contribution is -2.34. The van der Waals surface area contributed by atoms with Gasteiger partial charge in [0.15, 0.2) is 5.69 Å². The number of nitrogens with one attached hydrogen (secondary N) is 2. The molecule has 21 heavy (non-hydrogen) atoms. The van der Waals surface area contributed by atoms with Gasteiger partial charge in [0, 0.05) is 18.8 Å². The first-order chi connectivity index (χ1) is 9.79. The van der Waals surface area contributed by atoms with Gasteiger partial charge in [0.1, 0.15) is 5.65 Å². The molecule has 0 radical (unpaired) electrons. The van der Waals surface area contributed by atoms with Crippen LogP contribution in [0.15, 0.2) is 18.2 Å². The average molecular weight is 314 g/mol. The second-order valence-corrected chi connectivity index (χ2v) is 6.37. The van der Waals surface area contributed by atoms with Gasteiger partial charge in [-0.15, -0.1) is 0 Å². The molecule has 1 amide bonds. The molecule has 2 aromatic heterocycles. The number of hydrogen-bond acceptors (Lipinski definition) is 4. The number of nitrogens with zero attached hydrogens (tertiary/aromatic N) is 2. The van der Waals surface area contributed by atoms with E-state index in [1.54, 1.807) is 25.1 Å². The summed E-state index contributed by atoms with van der Waals surface area (Å²) in [5, 5.41) is 2.41. The highest BCUT2D eigenvalue weighted by Gasteiger charge is 2.19. The van der Waals surface area contributed by atoms with Gasteiger partial charge < -0.3 is 5.32 Å². The van der Waals surface area contributed by atoms with E-state index in [4.69, 9.17) is 0 Å². The lowest BCUT2D eigenvalue weighted by atomic mass is 10.4. The molecule has 2 N–H and O–H groups in total. The Morgan fingerprint density at radius 3 is 2.71 bits per heavy atom. The average Bonchev–Trinajstić information content (AvgIpc) is 2.72. The quantitative estimate of drug-likeness (QED) is 0.763. The highest BCUT2D eigenvalue weighted by atomic mass is 32.2. The Labute approximate surface area is 121 Å². The number of carbonyl (C=O) groups excluding carboxylic acids is 1. The standard InChI is InChI=1S/C12H15FN4O3S/c1-8-4-3-5-9-16-10(11(13)17(8)9)12(18)14-6-7-15-21(2,19)20/h3-5,15H,6-7H2,1-2H3,(H,14,18). The van der Waals surface area contributed by atoms with E-state index >= 15 is 0 Å². The van der Waals surface area contributed by atoms with Crippen molar-refractivity contribution < 1.29 is 17.6 Å². The van der Waals surface area contributed by atoms with Crippen molar-refractivity contribution in [1.29, 1.82) is 0 Å². The second kappa shape index (κ2) is 5.78. The van der Waals surface area contributed by atoms with Crippen molar-refractivity contribution in [3.63, 3.8) is 0 Å². The van der Waals surface area contributed by atoms with Gasteiger partial charge in [-0.2, -0.15) is 4.39 Å². The third-order valence-corrected chi connectivity index (χ3v) is 3.50. The second-order valence-electron chi connectivity index (χ2n) is 4.53. The van der Waals surface area contributed by atoms with Crippen LogP contribution in [0.1, 0.15) is 16.2 Å². The summed E-state index contributed by atoms with van der Waals surface area (Å²) < 4.78 is 39.3. The number of amides is 1. The highest BCUT2D eigenvalue weighted by Crippen LogP contribution is 2.13. The number of aromatic nitrogens is 2. The molecule has 2 heterocycles. The fraction of sp³-hybridized carbons (Fsp3) is 0.333. The van der Waals surface area contributed by atoms with Crippen molar-refractivity contribution in [2.45, 2.75) is 6.92 Å². The van der Waals surface area contributed by atoms with Crippen LogP contribution < -0.4 is 10.0 Å². The van der Waals surface area contributed by atoms with Crippen molar-refractivity contribution in [1.82, 2.24) is 19.4 Å². The van der Waals surface area contributed by atoms with Crippen molar-refractivity contribution in [2.24, 2.45) is 0 Å². The summed E-state index contributed by atoms with van der Waals surface area (Å²) in [6, 6.07) is 5.02. The number of pyridine rings is 1. The number of hydrogen-bond donors (Lipinski definition) is 2. The van der Waals surface area contributed by atoms with Crippen LogP contribution >= 0.6 is 0 Å². The van der Waals surface area contributed by atoms with Crippen LogP contribution in [0.25, 0.3) is 5.65 Å². The highest BCUT2D eigenvalue weighted by molar-refractivity contribution is 7.88. The summed E-state index contributed by atoms with van der Waals surface area (Å²) in [7, 11) is -3.32. The van der Waals surface area contributed by atoms with Gasteiger partial charge in [-0.1, -0.05) is 6.07 Å². The van der Waals surface area contributed by atoms with E-state index in [9.17, 15) is 17.6 Å². The Balaban J connectivity index is 2.10. The summed E-state index contributed by atoms with van der Waals surface area (Å²) in [5.74, 6) is -1.43. The van der Waals surface area contributed by atoms with Crippen molar-refractivity contribution in [3.05, 3.63) is 35.5 Å². The zero-order valence-electron chi connectivity index (χ0n) is 11.6. The molecule has 114 valence electrons. The van der Waals surface area contributed by atoms with Crippen LogP contribution in [0.2, 0.25) is 0 Å². The molecule has 0 aliphatic heterocycles. The molecular weight excluding hydrogens is 299 g/mol. The first kappa shape index (κ1) is 15.4. The van der Waals surface area contributed by atoms with E-state index in [1.165, 1.54) is 4.40 Å². The minimum Gasteiger partial charge on any atom is -0.349 e. The van der Waals surface area contributed by atoms with E-state index in [-0.39, 0.29) is 18.8 Å². The molecule has 0 aromatic carbocycles. The summed E-state index contributed by atoms with van der Waals surface area (Å²) in [6.07, 6.45) is 1.01. The Hall–Kier alpha value is -2.00. The number of rotatable bonds is 5. The summed E-state index contributed by atoms with van der Waals surface area (Å²) >= 11 is 0. The molecule has 0 unspecified atom stereocenters.